The maximum Gasteiger partial charge on any atom is 0.139 e. The third kappa shape index (κ3) is 1.91. The van der Waals surface area contributed by atoms with Crippen molar-refractivity contribution in [1.82, 2.24) is 15.3 Å². The van der Waals surface area contributed by atoms with Crippen LogP contribution in [-0.4, -0.2) is 29.1 Å². The highest BCUT2D eigenvalue weighted by Gasteiger charge is 2.16. The zero-order chi connectivity index (χ0) is 12.4. The number of nitriles is 1. The number of rotatable bonds is 2. The van der Waals surface area contributed by atoms with Gasteiger partial charge in [0.15, 0.2) is 0 Å². The summed E-state index contributed by atoms with van der Waals surface area (Å²) in [4.78, 5) is 7.30. The SMILES string of the molecule is N#Cc1cnc2[nH]ccc2c1NC1CCCNC1. The van der Waals surface area contributed by atoms with Crippen LogP contribution in [0.3, 0.4) is 0 Å². The molecule has 0 aromatic carbocycles. The number of piperidine rings is 1. The highest BCUT2D eigenvalue weighted by molar-refractivity contribution is 5.92. The van der Waals surface area contributed by atoms with Crippen LogP contribution in [0.2, 0.25) is 0 Å². The second kappa shape index (κ2) is 4.67. The molecule has 92 valence electrons. The lowest BCUT2D eigenvalue weighted by molar-refractivity contribution is 0.480. The van der Waals surface area contributed by atoms with Gasteiger partial charge in [0, 0.05) is 30.4 Å². The van der Waals surface area contributed by atoms with Crippen LogP contribution in [0.4, 0.5) is 5.69 Å². The molecule has 2 aromatic heterocycles. The maximum atomic E-state index is 9.19. The van der Waals surface area contributed by atoms with E-state index in [1.165, 1.54) is 6.42 Å². The predicted molar refractivity (Wildman–Crippen MR) is 70.3 cm³/mol. The summed E-state index contributed by atoms with van der Waals surface area (Å²) >= 11 is 0. The Hall–Kier alpha value is -2.06. The van der Waals surface area contributed by atoms with Crippen molar-refractivity contribution in [3.8, 4) is 6.07 Å². The fourth-order valence-corrected chi connectivity index (χ4v) is 2.43. The Balaban J connectivity index is 1.97. The summed E-state index contributed by atoms with van der Waals surface area (Å²) in [6.07, 6.45) is 5.77. The van der Waals surface area contributed by atoms with Gasteiger partial charge < -0.3 is 15.6 Å². The van der Waals surface area contributed by atoms with E-state index in [0.29, 0.717) is 11.6 Å². The summed E-state index contributed by atoms with van der Waals surface area (Å²) in [6.45, 7) is 2.03. The quantitative estimate of drug-likeness (QED) is 0.746. The zero-order valence-corrected chi connectivity index (χ0v) is 10.0. The molecule has 3 rings (SSSR count). The largest absolute Gasteiger partial charge is 0.379 e. The first-order chi connectivity index (χ1) is 8.88. The van der Waals surface area contributed by atoms with E-state index in [9.17, 15) is 5.26 Å². The molecule has 3 heterocycles. The van der Waals surface area contributed by atoms with Crippen molar-refractivity contribution in [2.45, 2.75) is 18.9 Å². The Bertz CT molecular complexity index is 589. The van der Waals surface area contributed by atoms with E-state index in [1.54, 1.807) is 6.20 Å². The maximum absolute atomic E-state index is 9.19. The minimum Gasteiger partial charge on any atom is -0.379 e. The minimum absolute atomic E-state index is 0.381. The average molecular weight is 241 g/mol. The van der Waals surface area contributed by atoms with E-state index in [2.05, 4.69) is 26.7 Å². The molecule has 1 aliphatic heterocycles. The van der Waals surface area contributed by atoms with Crippen molar-refractivity contribution in [3.63, 3.8) is 0 Å². The van der Waals surface area contributed by atoms with Gasteiger partial charge in [0.05, 0.1) is 11.3 Å². The lowest BCUT2D eigenvalue weighted by Gasteiger charge is -2.25. The number of aromatic nitrogens is 2. The van der Waals surface area contributed by atoms with E-state index < -0.39 is 0 Å². The van der Waals surface area contributed by atoms with Crippen molar-refractivity contribution >= 4 is 16.7 Å². The van der Waals surface area contributed by atoms with Gasteiger partial charge in [0.25, 0.3) is 0 Å². The molecule has 3 N–H and O–H groups in total. The Labute approximate surface area is 105 Å². The van der Waals surface area contributed by atoms with E-state index in [1.807, 2.05) is 12.3 Å². The molecular formula is C13H15N5. The van der Waals surface area contributed by atoms with Gasteiger partial charge in [-0.1, -0.05) is 0 Å². The molecule has 1 atom stereocenters. The number of anilines is 1. The van der Waals surface area contributed by atoms with Crippen LogP contribution in [0, 0.1) is 11.3 Å². The van der Waals surface area contributed by atoms with Crippen molar-refractivity contribution < 1.29 is 0 Å². The Kier molecular flexibility index (Phi) is 2.87. The van der Waals surface area contributed by atoms with Crippen molar-refractivity contribution in [2.75, 3.05) is 18.4 Å². The predicted octanol–water partition coefficient (Wildman–Crippen LogP) is 1.60. The number of nitrogens with zero attached hydrogens (tertiary/aromatic N) is 2. The van der Waals surface area contributed by atoms with Crippen molar-refractivity contribution in [2.24, 2.45) is 0 Å². The lowest BCUT2D eigenvalue weighted by atomic mass is 10.1. The van der Waals surface area contributed by atoms with Crippen LogP contribution in [0.5, 0.6) is 0 Å². The molecule has 0 aliphatic carbocycles. The monoisotopic (exact) mass is 241 g/mol. The topological polar surface area (TPSA) is 76.5 Å². The molecule has 1 unspecified atom stereocenters. The molecule has 1 fully saturated rings. The van der Waals surface area contributed by atoms with E-state index in [-0.39, 0.29) is 0 Å². The fraction of sp³-hybridized carbons (Fsp3) is 0.385. The molecule has 0 radical (unpaired) electrons. The van der Waals surface area contributed by atoms with Gasteiger partial charge in [-0.25, -0.2) is 4.98 Å². The fourth-order valence-electron chi connectivity index (χ4n) is 2.43. The first-order valence-corrected chi connectivity index (χ1v) is 6.22. The number of hydrogen-bond acceptors (Lipinski definition) is 4. The van der Waals surface area contributed by atoms with Gasteiger partial charge in [-0.15, -0.1) is 0 Å². The number of nitrogens with one attached hydrogen (secondary N) is 3. The van der Waals surface area contributed by atoms with Crippen LogP contribution < -0.4 is 10.6 Å². The molecule has 0 amide bonds. The van der Waals surface area contributed by atoms with E-state index >= 15 is 0 Å². The van der Waals surface area contributed by atoms with Crippen LogP contribution in [0.1, 0.15) is 18.4 Å². The van der Waals surface area contributed by atoms with Crippen LogP contribution in [-0.2, 0) is 0 Å². The molecule has 5 heteroatoms. The van der Waals surface area contributed by atoms with Gasteiger partial charge >= 0.3 is 0 Å². The normalized spacial score (nSPS) is 19.6. The second-order valence-electron chi connectivity index (χ2n) is 4.59. The van der Waals surface area contributed by atoms with Crippen molar-refractivity contribution in [1.29, 1.82) is 5.26 Å². The highest BCUT2D eigenvalue weighted by Crippen LogP contribution is 2.26. The Morgan fingerprint density at radius 1 is 1.50 bits per heavy atom. The molecule has 2 aromatic rings. The van der Waals surface area contributed by atoms with Crippen molar-refractivity contribution in [3.05, 3.63) is 24.0 Å². The number of fused-ring (bicyclic) bond motifs is 1. The molecule has 0 saturated carbocycles. The summed E-state index contributed by atoms with van der Waals surface area (Å²) in [6, 6.07) is 4.55. The number of aromatic amines is 1. The summed E-state index contributed by atoms with van der Waals surface area (Å²) in [5, 5.41) is 17.0. The van der Waals surface area contributed by atoms with Gasteiger partial charge in [0.2, 0.25) is 0 Å². The van der Waals surface area contributed by atoms with E-state index in [0.717, 1.165) is 36.2 Å². The molecule has 1 aliphatic rings. The van der Waals surface area contributed by atoms with Crippen LogP contribution in [0.15, 0.2) is 18.5 Å². The minimum atomic E-state index is 0.381. The van der Waals surface area contributed by atoms with Crippen LogP contribution >= 0.6 is 0 Å². The van der Waals surface area contributed by atoms with Gasteiger partial charge in [-0.3, -0.25) is 0 Å². The second-order valence-corrected chi connectivity index (χ2v) is 4.59. The van der Waals surface area contributed by atoms with Crippen LogP contribution in [0.25, 0.3) is 11.0 Å². The first kappa shape index (κ1) is 11.1. The summed E-state index contributed by atoms with van der Waals surface area (Å²) in [5.74, 6) is 0. The molecule has 5 nitrogen and oxygen atoms in total. The summed E-state index contributed by atoms with van der Waals surface area (Å²) in [5.41, 5.74) is 2.32. The highest BCUT2D eigenvalue weighted by atomic mass is 15.0. The molecule has 1 saturated heterocycles. The van der Waals surface area contributed by atoms with Gasteiger partial charge in [-0.05, 0) is 25.5 Å². The van der Waals surface area contributed by atoms with E-state index in [4.69, 9.17) is 0 Å². The average Bonchev–Trinajstić information content (AvgIpc) is 2.89. The standard InChI is InChI=1S/C13H15N5/c14-6-9-7-17-13-11(3-5-16-13)12(9)18-10-2-1-4-15-8-10/h3,5,7,10,15H,1-2,4,8H2,(H2,16,17,18). The lowest BCUT2D eigenvalue weighted by Crippen LogP contribution is -2.38. The third-order valence-electron chi connectivity index (χ3n) is 3.35. The smallest absolute Gasteiger partial charge is 0.139 e. The molecule has 0 bridgehead atoms. The number of hydrogen-bond donors (Lipinski definition) is 3. The number of pyridine rings is 1. The third-order valence-corrected chi connectivity index (χ3v) is 3.35. The molecule has 0 spiro atoms. The molecular weight excluding hydrogens is 226 g/mol. The number of H-pyrrole nitrogens is 1. The summed E-state index contributed by atoms with van der Waals surface area (Å²) in [7, 11) is 0. The zero-order valence-electron chi connectivity index (χ0n) is 10.0. The first-order valence-electron chi connectivity index (χ1n) is 6.22. The molecule has 18 heavy (non-hydrogen) atoms. The summed E-state index contributed by atoms with van der Waals surface area (Å²) < 4.78 is 0. The Morgan fingerprint density at radius 3 is 3.22 bits per heavy atom. The van der Waals surface area contributed by atoms with Gasteiger partial charge in [0.1, 0.15) is 11.7 Å². The van der Waals surface area contributed by atoms with Gasteiger partial charge in [-0.2, -0.15) is 5.26 Å². The Morgan fingerprint density at radius 2 is 2.44 bits per heavy atom.